The molecule has 0 spiro atoms. The summed E-state index contributed by atoms with van der Waals surface area (Å²) in [5.41, 5.74) is 4.06. The van der Waals surface area contributed by atoms with Crippen molar-refractivity contribution < 1.29 is 24.6 Å². The Morgan fingerprint density at radius 1 is 1.06 bits per heavy atom. The quantitative estimate of drug-likeness (QED) is 0.355. The van der Waals surface area contributed by atoms with Crippen molar-refractivity contribution in [2.75, 3.05) is 13.1 Å². The van der Waals surface area contributed by atoms with E-state index in [-0.39, 0.29) is 24.8 Å². The lowest BCUT2D eigenvalue weighted by atomic mass is 9.93. The number of hydrogen-bond acceptors (Lipinski definition) is 5. The van der Waals surface area contributed by atoms with Gasteiger partial charge in [0.15, 0.2) is 0 Å². The maximum atomic E-state index is 13.6. The number of halogens is 1. The van der Waals surface area contributed by atoms with Crippen LogP contribution >= 0.6 is 11.3 Å². The first-order valence-electron chi connectivity index (χ1n) is 10.6. The van der Waals surface area contributed by atoms with Crippen LogP contribution in [0.1, 0.15) is 36.6 Å². The minimum Gasteiger partial charge on any atom is -0.481 e. The highest BCUT2D eigenvalue weighted by atomic mass is 32.1. The summed E-state index contributed by atoms with van der Waals surface area (Å²) >= 11 is 1.70. The van der Waals surface area contributed by atoms with Gasteiger partial charge in [0.1, 0.15) is 5.82 Å². The van der Waals surface area contributed by atoms with E-state index in [9.17, 15) is 19.5 Å². The second-order valence-corrected chi connectivity index (χ2v) is 9.14. The van der Waals surface area contributed by atoms with E-state index >= 15 is 0 Å². The molecule has 3 aromatic rings. The van der Waals surface area contributed by atoms with Crippen LogP contribution in [0.25, 0.3) is 21.6 Å². The monoisotopic (exact) mass is 457 g/mol. The molecule has 0 aliphatic rings. The summed E-state index contributed by atoms with van der Waals surface area (Å²) in [6.07, 6.45) is -1.08. The molecule has 0 bridgehead atoms. The molecule has 32 heavy (non-hydrogen) atoms. The number of benzene rings is 2. The zero-order valence-electron chi connectivity index (χ0n) is 18.2. The Morgan fingerprint density at radius 3 is 2.31 bits per heavy atom. The molecule has 0 amide bonds. The van der Waals surface area contributed by atoms with Gasteiger partial charge in [0.2, 0.25) is 0 Å². The lowest BCUT2D eigenvalue weighted by Gasteiger charge is -2.19. The van der Waals surface area contributed by atoms with Crippen LogP contribution in [0, 0.1) is 5.82 Å². The first kappa shape index (κ1) is 24.1. The standard InChI is InChI=1S/C25H28FNO4S/c1-16(2)24-21(12-13-27(31)15-20(28)14-22(29)30)23(17-8-10-19(26)11-9-17)25(32-24)18-6-4-3-5-7-18/h3-11,16,20,28,31H,12-15H2,1-2H3,(H,29,30). The van der Waals surface area contributed by atoms with Gasteiger partial charge in [-0.2, -0.15) is 5.06 Å². The van der Waals surface area contributed by atoms with Crippen LogP contribution in [0.5, 0.6) is 0 Å². The molecule has 170 valence electrons. The number of aliphatic carboxylic acids is 1. The van der Waals surface area contributed by atoms with Gasteiger partial charge in [-0.15, -0.1) is 11.3 Å². The summed E-state index contributed by atoms with van der Waals surface area (Å²) in [5.74, 6) is -1.17. The number of aliphatic hydroxyl groups excluding tert-OH is 1. The molecular formula is C25H28FNO4S. The fourth-order valence-electron chi connectivity index (χ4n) is 3.75. The number of hydroxylamine groups is 2. The molecule has 3 N–H and O–H groups in total. The average molecular weight is 458 g/mol. The second kappa shape index (κ2) is 10.8. The number of carbonyl (C=O) groups is 1. The van der Waals surface area contributed by atoms with Crippen molar-refractivity contribution in [1.29, 1.82) is 0 Å². The maximum absolute atomic E-state index is 13.6. The van der Waals surface area contributed by atoms with E-state index < -0.39 is 18.5 Å². The smallest absolute Gasteiger partial charge is 0.306 e. The van der Waals surface area contributed by atoms with Gasteiger partial charge in [0.25, 0.3) is 0 Å². The Hall–Kier alpha value is -2.58. The molecule has 0 radical (unpaired) electrons. The largest absolute Gasteiger partial charge is 0.481 e. The van der Waals surface area contributed by atoms with Gasteiger partial charge in [-0.25, -0.2) is 4.39 Å². The van der Waals surface area contributed by atoms with Gasteiger partial charge < -0.3 is 15.4 Å². The highest BCUT2D eigenvalue weighted by molar-refractivity contribution is 7.16. The summed E-state index contributed by atoms with van der Waals surface area (Å²) in [6.45, 7) is 4.32. The summed E-state index contributed by atoms with van der Waals surface area (Å²) in [4.78, 5) is 13.0. The Balaban J connectivity index is 1.99. The molecule has 2 aromatic carbocycles. The lowest BCUT2D eigenvalue weighted by Crippen LogP contribution is -2.32. The minimum absolute atomic E-state index is 0.148. The predicted octanol–water partition coefficient (Wildman–Crippen LogP) is 5.41. The van der Waals surface area contributed by atoms with Crippen molar-refractivity contribution in [2.24, 2.45) is 0 Å². The number of carboxylic acid groups (broad SMARTS) is 1. The van der Waals surface area contributed by atoms with Gasteiger partial charge in [0, 0.05) is 21.9 Å². The molecule has 0 aliphatic carbocycles. The summed E-state index contributed by atoms with van der Waals surface area (Å²) in [5, 5.41) is 29.9. The molecule has 0 saturated carbocycles. The summed E-state index contributed by atoms with van der Waals surface area (Å²) in [7, 11) is 0. The number of aliphatic hydroxyl groups is 1. The normalized spacial score (nSPS) is 12.5. The Morgan fingerprint density at radius 2 is 1.72 bits per heavy atom. The highest BCUT2D eigenvalue weighted by Crippen LogP contribution is 2.46. The summed E-state index contributed by atoms with van der Waals surface area (Å²) < 4.78 is 13.6. The topological polar surface area (TPSA) is 81.0 Å². The molecule has 0 saturated heterocycles. The highest BCUT2D eigenvalue weighted by Gasteiger charge is 2.23. The van der Waals surface area contributed by atoms with Crippen LogP contribution in [-0.2, 0) is 11.2 Å². The zero-order chi connectivity index (χ0) is 23.3. The first-order chi connectivity index (χ1) is 15.3. The van der Waals surface area contributed by atoms with Crippen LogP contribution in [0.3, 0.4) is 0 Å². The van der Waals surface area contributed by atoms with Gasteiger partial charge in [-0.05, 0) is 41.2 Å². The van der Waals surface area contributed by atoms with Crippen LogP contribution < -0.4 is 0 Å². The SMILES string of the molecule is CC(C)c1sc(-c2ccccc2)c(-c2ccc(F)cc2)c1CCN(O)CC(O)CC(=O)O. The van der Waals surface area contributed by atoms with Crippen molar-refractivity contribution in [3.8, 4) is 21.6 Å². The zero-order valence-corrected chi connectivity index (χ0v) is 19.0. The van der Waals surface area contributed by atoms with Gasteiger partial charge in [-0.3, -0.25) is 4.79 Å². The molecule has 7 heteroatoms. The lowest BCUT2D eigenvalue weighted by molar-refractivity contribution is -0.143. The number of nitrogens with zero attached hydrogens (tertiary/aromatic N) is 1. The van der Waals surface area contributed by atoms with Crippen molar-refractivity contribution >= 4 is 17.3 Å². The molecule has 0 aliphatic heterocycles. The third-order valence-electron chi connectivity index (χ3n) is 5.18. The number of carboxylic acids is 1. The fourth-order valence-corrected chi connectivity index (χ4v) is 5.13. The Kier molecular flexibility index (Phi) is 8.15. The van der Waals surface area contributed by atoms with E-state index in [1.165, 1.54) is 17.0 Å². The number of thiophene rings is 1. The Bertz CT molecular complexity index is 1030. The third-order valence-corrected chi connectivity index (χ3v) is 6.76. The third kappa shape index (κ3) is 6.01. The van der Waals surface area contributed by atoms with Crippen LogP contribution in [0.15, 0.2) is 54.6 Å². The minimum atomic E-state index is -1.15. The predicted molar refractivity (Wildman–Crippen MR) is 125 cm³/mol. The first-order valence-corrected chi connectivity index (χ1v) is 11.4. The van der Waals surface area contributed by atoms with Gasteiger partial charge in [0.05, 0.1) is 19.1 Å². The van der Waals surface area contributed by atoms with Crippen molar-refractivity contribution in [1.82, 2.24) is 5.06 Å². The Labute approximate surface area is 191 Å². The number of rotatable bonds is 10. The molecule has 3 rings (SSSR count). The molecular weight excluding hydrogens is 429 g/mol. The summed E-state index contributed by atoms with van der Waals surface area (Å²) in [6, 6.07) is 16.5. The van der Waals surface area contributed by atoms with E-state index in [0.29, 0.717) is 6.42 Å². The molecule has 1 unspecified atom stereocenters. The van der Waals surface area contributed by atoms with Crippen molar-refractivity contribution in [3.05, 3.63) is 70.9 Å². The van der Waals surface area contributed by atoms with Crippen LogP contribution in [-0.4, -0.2) is 45.6 Å². The van der Waals surface area contributed by atoms with Crippen LogP contribution in [0.2, 0.25) is 0 Å². The van der Waals surface area contributed by atoms with E-state index in [1.54, 1.807) is 23.5 Å². The maximum Gasteiger partial charge on any atom is 0.306 e. The van der Waals surface area contributed by atoms with Gasteiger partial charge >= 0.3 is 5.97 Å². The van der Waals surface area contributed by atoms with Crippen molar-refractivity contribution in [3.63, 3.8) is 0 Å². The fraction of sp³-hybridized carbons (Fsp3) is 0.320. The number of hydrogen-bond donors (Lipinski definition) is 3. The van der Waals surface area contributed by atoms with Crippen molar-refractivity contribution in [2.45, 2.75) is 38.7 Å². The second-order valence-electron chi connectivity index (χ2n) is 8.09. The molecule has 1 aromatic heterocycles. The molecule has 5 nitrogen and oxygen atoms in total. The van der Waals surface area contributed by atoms with Gasteiger partial charge in [-0.1, -0.05) is 56.3 Å². The van der Waals surface area contributed by atoms with E-state index in [0.717, 1.165) is 32.2 Å². The van der Waals surface area contributed by atoms with Crippen LogP contribution in [0.4, 0.5) is 4.39 Å². The molecule has 1 atom stereocenters. The average Bonchev–Trinajstić information content (AvgIpc) is 3.12. The van der Waals surface area contributed by atoms with E-state index in [2.05, 4.69) is 13.8 Å². The molecule has 0 fully saturated rings. The van der Waals surface area contributed by atoms with E-state index in [4.69, 9.17) is 5.11 Å². The van der Waals surface area contributed by atoms with E-state index in [1.807, 2.05) is 30.3 Å². The molecule has 1 heterocycles.